The number of nitrogens with one attached hydrogen (secondary N) is 1. The van der Waals surface area contributed by atoms with Gasteiger partial charge in [0.15, 0.2) is 0 Å². The minimum absolute atomic E-state index is 0.0101. The van der Waals surface area contributed by atoms with Crippen LogP contribution < -0.4 is 4.72 Å². The van der Waals surface area contributed by atoms with E-state index in [1.54, 1.807) is 0 Å². The van der Waals surface area contributed by atoms with Crippen molar-refractivity contribution in [2.75, 3.05) is 6.61 Å². The molecule has 0 amide bonds. The fourth-order valence-corrected chi connectivity index (χ4v) is 7.29. The van der Waals surface area contributed by atoms with Crippen LogP contribution in [-0.4, -0.2) is 38.2 Å². The molecule has 1 saturated heterocycles. The van der Waals surface area contributed by atoms with Crippen LogP contribution in [-0.2, 0) is 25.0 Å². The lowest BCUT2D eigenvalue weighted by atomic mass is 9.70. The largest absolute Gasteiger partial charge is 0.481 e. The van der Waals surface area contributed by atoms with Crippen molar-refractivity contribution in [1.82, 2.24) is 4.72 Å². The minimum atomic E-state index is -3.90. The maximum atomic E-state index is 13.4. The number of carboxylic acids is 1. The van der Waals surface area contributed by atoms with Crippen LogP contribution in [0.5, 0.6) is 0 Å². The van der Waals surface area contributed by atoms with E-state index in [0.717, 1.165) is 28.8 Å². The zero-order valence-corrected chi connectivity index (χ0v) is 22.3. The van der Waals surface area contributed by atoms with E-state index in [0.29, 0.717) is 32.3 Å². The van der Waals surface area contributed by atoms with Gasteiger partial charge in [-0.3, -0.25) is 4.79 Å². The lowest BCUT2D eigenvalue weighted by molar-refractivity contribution is -0.137. The van der Waals surface area contributed by atoms with Gasteiger partial charge >= 0.3 is 5.97 Å². The molecule has 39 heavy (non-hydrogen) atoms. The first-order valence-corrected chi connectivity index (χ1v) is 14.7. The first-order valence-electron chi connectivity index (χ1n) is 13.2. The molecule has 3 aromatic carbocycles. The van der Waals surface area contributed by atoms with Crippen molar-refractivity contribution in [1.29, 1.82) is 0 Å². The summed E-state index contributed by atoms with van der Waals surface area (Å²) in [6, 6.07) is 22.9. The van der Waals surface area contributed by atoms with Gasteiger partial charge in [-0.05, 0) is 72.6 Å². The zero-order chi connectivity index (χ0) is 27.5. The van der Waals surface area contributed by atoms with E-state index in [-0.39, 0.29) is 28.8 Å². The number of allylic oxidation sites excluding steroid dienone is 2. The van der Waals surface area contributed by atoms with Crippen LogP contribution in [0.25, 0.3) is 11.1 Å². The third-order valence-corrected chi connectivity index (χ3v) is 9.44. The summed E-state index contributed by atoms with van der Waals surface area (Å²) in [7, 11) is -3.90. The van der Waals surface area contributed by atoms with Crippen LogP contribution in [0, 0.1) is 11.7 Å². The van der Waals surface area contributed by atoms with Crippen LogP contribution in [0.1, 0.15) is 37.7 Å². The molecule has 0 unspecified atom stereocenters. The molecule has 2 bridgehead atoms. The number of rotatable bonds is 11. The molecular weight excluding hydrogens is 517 g/mol. The number of fused-ring (bicyclic) bond motifs is 2. The van der Waals surface area contributed by atoms with Gasteiger partial charge in [0.2, 0.25) is 10.0 Å². The predicted molar refractivity (Wildman–Crippen MR) is 147 cm³/mol. The van der Waals surface area contributed by atoms with E-state index in [1.165, 1.54) is 12.1 Å². The average Bonchev–Trinajstić information content (AvgIpc) is 3.50. The standard InChI is InChI=1S/C31H32FNO5S/c32-25-16-18-26(19-17-25)39(36,37)33-30-27(10-6-1-2-7-11-29(34)35)31(20-28(30)38-21-31)24-14-12-23(13-15-24)22-8-4-3-5-9-22/h1,3-6,8-9,12-19,27-28,30,33H,2,7,10-11,20-21H2,(H,34,35)/t27-,28-,30-,31-/m0/s1. The quantitative estimate of drug-likeness (QED) is 0.237. The Labute approximate surface area is 228 Å². The van der Waals surface area contributed by atoms with E-state index in [9.17, 15) is 17.6 Å². The lowest BCUT2D eigenvalue weighted by Crippen LogP contribution is -2.51. The van der Waals surface area contributed by atoms with Gasteiger partial charge in [-0.25, -0.2) is 17.5 Å². The molecule has 2 fully saturated rings. The summed E-state index contributed by atoms with van der Waals surface area (Å²) in [6.45, 7) is 0.495. The maximum Gasteiger partial charge on any atom is 0.303 e. The number of carbonyl (C=O) groups is 1. The fourth-order valence-electron chi connectivity index (χ4n) is 5.99. The Morgan fingerprint density at radius 3 is 2.38 bits per heavy atom. The molecule has 3 aromatic rings. The highest BCUT2D eigenvalue weighted by Crippen LogP contribution is 2.54. The van der Waals surface area contributed by atoms with Crippen LogP contribution in [0.4, 0.5) is 4.39 Å². The van der Waals surface area contributed by atoms with E-state index in [1.807, 2.05) is 30.4 Å². The highest BCUT2D eigenvalue weighted by molar-refractivity contribution is 7.89. The van der Waals surface area contributed by atoms with Crippen molar-refractivity contribution >= 4 is 16.0 Å². The molecule has 5 rings (SSSR count). The van der Waals surface area contributed by atoms with E-state index in [2.05, 4.69) is 41.1 Å². The number of ether oxygens (including phenoxy) is 1. The zero-order valence-electron chi connectivity index (χ0n) is 21.5. The SMILES string of the molecule is O=C(O)CCCC=CC[C@H]1[C@H](NS(=O)(=O)c2ccc(F)cc2)[C@@H]2C[C@@]1(c1ccc(-c3ccccc3)cc1)CO2. The monoisotopic (exact) mass is 549 g/mol. The number of benzene rings is 3. The summed E-state index contributed by atoms with van der Waals surface area (Å²) in [4.78, 5) is 10.8. The Hall–Kier alpha value is -3.33. The normalized spacial score (nSPS) is 24.4. The van der Waals surface area contributed by atoms with Crippen molar-refractivity contribution in [3.63, 3.8) is 0 Å². The number of halogens is 1. The maximum absolute atomic E-state index is 13.4. The number of sulfonamides is 1. The molecule has 4 atom stereocenters. The Bertz CT molecular complexity index is 1420. The predicted octanol–water partition coefficient (Wildman–Crippen LogP) is 5.70. The van der Waals surface area contributed by atoms with Gasteiger partial charge in [0.05, 0.1) is 23.6 Å². The van der Waals surface area contributed by atoms with Crippen molar-refractivity contribution in [3.8, 4) is 11.1 Å². The van der Waals surface area contributed by atoms with Crippen LogP contribution in [0.15, 0.2) is 95.9 Å². The topological polar surface area (TPSA) is 92.7 Å². The highest BCUT2D eigenvalue weighted by Gasteiger charge is 2.60. The average molecular weight is 550 g/mol. The number of hydrogen-bond acceptors (Lipinski definition) is 4. The van der Waals surface area contributed by atoms with Crippen molar-refractivity contribution in [2.45, 2.75) is 54.6 Å². The first-order chi connectivity index (χ1) is 18.8. The van der Waals surface area contributed by atoms with Crippen LogP contribution >= 0.6 is 0 Å². The molecule has 2 aliphatic rings. The smallest absolute Gasteiger partial charge is 0.303 e. The van der Waals surface area contributed by atoms with E-state index >= 15 is 0 Å². The van der Waals surface area contributed by atoms with Gasteiger partial charge in [0.1, 0.15) is 5.82 Å². The molecule has 1 aliphatic heterocycles. The molecular formula is C31H32FNO5S. The van der Waals surface area contributed by atoms with Gasteiger partial charge in [-0.1, -0.05) is 66.7 Å². The molecule has 0 radical (unpaired) electrons. The summed E-state index contributed by atoms with van der Waals surface area (Å²) in [5.41, 5.74) is 2.96. The summed E-state index contributed by atoms with van der Waals surface area (Å²) < 4.78 is 49.0. The molecule has 8 heteroatoms. The number of unbranched alkanes of at least 4 members (excludes halogenated alkanes) is 1. The first kappa shape index (κ1) is 27.2. The van der Waals surface area contributed by atoms with Gasteiger partial charge in [-0.2, -0.15) is 0 Å². The van der Waals surface area contributed by atoms with Crippen molar-refractivity contribution < 1.29 is 27.4 Å². The highest BCUT2D eigenvalue weighted by atomic mass is 32.2. The fraction of sp³-hybridized carbons (Fsp3) is 0.323. The minimum Gasteiger partial charge on any atom is -0.481 e. The van der Waals surface area contributed by atoms with Gasteiger partial charge in [0, 0.05) is 11.8 Å². The van der Waals surface area contributed by atoms with E-state index in [4.69, 9.17) is 9.84 Å². The molecule has 0 aromatic heterocycles. The van der Waals surface area contributed by atoms with Crippen LogP contribution in [0.2, 0.25) is 0 Å². The Balaban J connectivity index is 1.42. The molecule has 2 N–H and O–H groups in total. The Morgan fingerprint density at radius 2 is 1.69 bits per heavy atom. The number of hydrogen-bond donors (Lipinski definition) is 2. The number of carboxylic acid groups (broad SMARTS) is 1. The van der Waals surface area contributed by atoms with Crippen LogP contribution in [0.3, 0.4) is 0 Å². The molecule has 1 heterocycles. The molecule has 1 aliphatic carbocycles. The summed E-state index contributed by atoms with van der Waals surface area (Å²) in [5.74, 6) is -1.40. The van der Waals surface area contributed by atoms with Gasteiger partial charge in [-0.15, -0.1) is 0 Å². The second kappa shape index (κ2) is 11.4. The Morgan fingerprint density at radius 1 is 1.00 bits per heavy atom. The number of aliphatic carboxylic acids is 1. The van der Waals surface area contributed by atoms with Crippen molar-refractivity contribution in [2.24, 2.45) is 5.92 Å². The Kier molecular flexibility index (Phi) is 7.98. The molecule has 6 nitrogen and oxygen atoms in total. The summed E-state index contributed by atoms with van der Waals surface area (Å²) in [6.07, 6.45) is 6.33. The van der Waals surface area contributed by atoms with E-state index < -0.39 is 27.9 Å². The molecule has 0 spiro atoms. The summed E-state index contributed by atoms with van der Waals surface area (Å²) >= 11 is 0. The molecule has 1 saturated carbocycles. The summed E-state index contributed by atoms with van der Waals surface area (Å²) in [5, 5.41) is 8.89. The third-order valence-electron chi connectivity index (χ3n) is 7.96. The second-order valence-corrected chi connectivity index (χ2v) is 12.1. The third kappa shape index (κ3) is 5.83. The van der Waals surface area contributed by atoms with Gasteiger partial charge in [0.25, 0.3) is 0 Å². The lowest BCUT2D eigenvalue weighted by Gasteiger charge is -2.39. The van der Waals surface area contributed by atoms with Crippen molar-refractivity contribution in [3.05, 3.63) is 102 Å². The molecule has 204 valence electrons. The van der Waals surface area contributed by atoms with Gasteiger partial charge < -0.3 is 9.84 Å². The second-order valence-electron chi connectivity index (χ2n) is 10.4.